The van der Waals surface area contributed by atoms with Gasteiger partial charge < -0.3 is 28.8 Å². The first-order valence-corrected chi connectivity index (χ1v) is 21.8. The van der Waals surface area contributed by atoms with Crippen LogP contribution in [0.4, 0.5) is 0 Å². The minimum Gasteiger partial charge on any atom is -0.756 e. The molecule has 0 bridgehead atoms. The molecule has 2 N–H and O–H groups in total. The standard InChI is InChI=1S/C39H81N2O6P/c1-6-8-10-12-13-14-15-16-17-18-19-20-21-22-23-24-25-26-27-28-29-31-33-39(43)40-37(38(42)32-30-11-9-7-2)36-47-48(44,45)46-35-34-41(3,4)5/h37-38,42H,6-36H2,1-5H3,(H-,40,43,44,45). The predicted octanol–water partition coefficient (Wildman–Crippen LogP) is 10.0. The number of carbonyl (C=O) groups excluding carboxylic acids is 1. The molecule has 0 aliphatic heterocycles. The average molecular weight is 705 g/mol. The first-order chi connectivity index (χ1) is 23.0. The number of hydrogen-bond acceptors (Lipinski definition) is 6. The highest BCUT2D eigenvalue weighted by molar-refractivity contribution is 7.45. The SMILES string of the molecule is CCCCCCCCCCCCCCCCCCCCCCCCC(=O)NC(COP(=O)([O-])OCC[N+](C)(C)C)C(O)CCCCCC. The summed E-state index contributed by atoms with van der Waals surface area (Å²) in [6, 6.07) is -0.789. The predicted molar refractivity (Wildman–Crippen MR) is 201 cm³/mol. The minimum absolute atomic E-state index is 0.0143. The monoisotopic (exact) mass is 705 g/mol. The van der Waals surface area contributed by atoms with Crippen LogP contribution in [0, 0.1) is 0 Å². The summed E-state index contributed by atoms with van der Waals surface area (Å²) in [5.74, 6) is -0.170. The number of nitrogens with one attached hydrogen (secondary N) is 1. The quantitative estimate of drug-likeness (QED) is 0.0379. The van der Waals surface area contributed by atoms with Crippen LogP contribution in [-0.4, -0.2) is 68.5 Å². The van der Waals surface area contributed by atoms with E-state index in [9.17, 15) is 19.4 Å². The van der Waals surface area contributed by atoms with Gasteiger partial charge in [0.15, 0.2) is 0 Å². The zero-order chi connectivity index (χ0) is 35.8. The number of phosphoric acid groups is 1. The molecule has 0 spiro atoms. The third kappa shape index (κ3) is 34.0. The number of aliphatic hydroxyl groups is 1. The van der Waals surface area contributed by atoms with Crippen LogP contribution in [0.5, 0.6) is 0 Å². The number of quaternary nitrogens is 1. The molecular weight excluding hydrogens is 623 g/mol. The number of unbranched alkanes of at least 4 members (excludes halogenated alkanes) is 24. The first kappa shape index (κ1) is 47.5. The van der Waals surface area contributed by atoms with Gasteiger partial charge in [-0.25, -0.2) is 0 Å². The van der Waals surface area contributed by atoms with E-state index in [-0.39, 0.29) is 19.1 Å². The molecule has 3 unspecified atom stereocenters. The van der Waals surface area contributed by atoms with Gasteiger partial charge in [0.05, 0.1) is 39.9 Å². The van der Waals surface area contributed by atoms with Crippen molar-refractivity contribution in [1.29, 1.82) is 0 Å². The van der Waals surface area contributed by atoms with Crippen molar-refractivity contribution < 1.29 is 32.9 Å². The Morgan fingerprint density at radius 1 is 0.646 bits per heavy atom. The van der Waals surface area contributed by atoms with Gasteiger partial charge in [0.25, 0.3) is 7.82 Å². The summed E-state index contributed by atoms with van der Waals surface area (Å²) in [6.07, 6.45) is 33.1. The number of rotatable bonds is 37. The summed E-state index contributed by atoms with van der Waals surface area (Å²) >= 11 is 0. The van der Waals surface area contributed by atoms with Crippen LogP contribution in [0.15, 0.2) is 0 Å². The maximum absolute atomic E-state index is 12.7. The van der Waals surface area contributed by atoms with Gasteiger partial charge >= 0.3 is 0 Å². The maximum Gasteiger partial charge on any atom is 0.268 e. The van der Waals surface area contributed by atoms with Gasteiger partial charge in [-0.3, -0.25) is 9.36 Å². The van der Waals surface area contributed by atoms with Crippen LogP contribution in [0.3, 0.4) is 0 Å². The van der Waals surface area contributed by atoms with Crippen molar-refractivity contribution >= 4 is 13.7 Å². The summed E-state index contributed by atoms with van der Waals surface area (Å²) in [4.78, 5) is 25.0. The number of amides is 1. The fourth-order valence-corrected chi connectivity index (χ4v) is 6.76. The zero-order valence-corrected chi connectivity index (χ0v) is 33.4. The third-order valence-corrected chi connectivity index (χ3v) is 10.3. The van der Waals surface area contributed by atoms with Crippen molar-refractivity contribution in [3.8, 4) is 0 Å². The van der Waals surface area contributed by atoms with E-state index in [1.807, 2.05) is 21.1 Å². The van der Waals surface area contributed by atoms with Crippen molar-refractivity contribution in [2.75, 3.05) is 40.9 Å². The van der Waals surface area contributed by atoms with Crippen LogP contribution >= 0.6 is 7.82 Å². The van der Waals surface area contributed by atoms with E-state index < -0.39 is 20.0 Å². The first-order valence-electron chi connectivity index (χ1n) is 20.4. The molecule has 0 saturated carbocycles. The lowest BCUT2D eigenvalue weighted by Gasteiger charge is -2.30. The lowest BCUT2D eigenvalue weighted by molar-refractivity contribution is -0.870. The van der Waals surface area contributed by atoms with Gasteiger partial charge in [-0.15, -0.1) is 0 Å². The largest absolute Gasteiger partial charge is 0.756 e. The molecule has 3 atom stereocenters. The summed E-state index contributed by atoms with van der Waals surface area (Å²) in [6.45, 7) is 4.60. The number of aliphatic hydroxyl groups excluding tert-OH is 1. The Bertz CT molecular complexity index is 763. The maximum atomic E-state index is 12.7. The van der Waals surface area contributed by atoms with Gasteiger partial charge in [-0.1, -0.05) is 174 Å². The molecule has 48 heavy (non-hydrogen) atoms. The molecule has 0 aliphatic carbocycles. The Labute approximate surface area is 298 Å². The molecule has 0 aliphatic rings. The van der Waals surface area contributed by atoms with E-state index in [0.717, 1.165) is 44.9 Å². The fourth-order valence-electron chi connectivity index (χ4n) is 6.04. The van der Waals surface area contributed by atoms with Crippen molar-refractivity contribution in [2.45, 2.75) is 206 Å². The molecule has 8 nitrogen and oxygen atoms in total. The van der Waals surface area contributed by atoms with Crippen molar-refractivity contribution in [2.24, 2.45) is 0 Å². The molecule has 1 amide bonds. The van der Waals surface area contributed by atoms with E-state index in [1.165, 1.54) is 122 Å². The average Bonchev–Trinajstić information content (AvgIpc) is 3.03. The van der Waals surface area contributed by atoms with Crippen LogP contribution in [0.1, 0.15) is 194 Å². The van der Waals surface area contributed by atoms with Crippen LogP contribution < -0.4 is 10.2 Å². The third-order valence-electron chi connectivity index (χ3n) is 9.35. The van der Waals surface area contributed by atoms with E-state index in [4.69, 9.17) is 9.05 Å². The topological polar surface area (TPSA) is 108 Å². The smallest absolute Gasteiger partial charge is 0.268 e. The number of nitrogens with zero attached hydrogens (tertiary/aromatic N) is 1. The Hall–Kier alpha value is -0.500. The van der Waals surface area contributed by atoms with Gasteiger partial charge in [-0.2, -0.15) is 0 Å². The molecule has 0 heterocycles. The lowest BCUT2D eigenvalue weighted by atomic mass is 10.0. The van der Waals surface area contributed by atoms with Crippen molar-refractivity contribution in [1.82, 2.24) is 5.32 Å². The molecule has 9 heteroatoms. The molecule has 0 aromatic rings. The molecular formula is C39H81N2O6P. The van der Waals surface area contributed by atoms with E-state index >= 15 is 0 Å². The zero-order valence-electron chi connectivity index (χ0n) is 32.5. The summed E-state index contributed by atoms with van der Waals surface area (Å²) in [7, 11) is 1.31. The summed E-state index contributed by atoms with van der Waals surface area (Å²) in [5.41, 5.74) is 0. The lowest BCUT2D eigenvalue weighted by Crippen LogP contribution is -2.46. The Kier molecular flexibility index (Phi) is 32.1. The number of hydrogen-bond donors (Lipinski definition) is 2. The summed E-state index contributed by atoms with van der Waals surface area (Å²) in [5, 5.41) is 13.6. The molecule has 0 rings (SSSR count). The van der Waals surface area contributed by atoms with Crippen LogP contribution in [0.2, 0.25) is 0 Å². The highest BCUT2D eigenvalue weighted by Gasteiger charge is 2.24. The van der Waals surface area contributed by atoms with Crippen molar-refractivity contribution in [3.63, 3.8) is 0 Å². The second-order valence-corrected chi connectivity index (χ2v) is 16.8. The normalized spacial score (nSPS) is 14.6. The van der Waals surface area contributed by atoms with E-state index in [2.05, 4.69) is 19.2 Å². The molecule has 0 fully saturated rings. The second kappa shape index (κ2) is 32.4. The van der Waals surface area contributed by atoms with Gasteiger partial charge in [0.2, 0.25) is 5.91 Å². The van der Waals surface area contributed by atoms with Crippen molar-refractivity contribution in [3.05, 3.63) is 0 Å². The molecule has 0 aromatic heterocycles. The van der Waals surface area contributed by atoms with E-state index in [0.29, 0.717) is 23.9 Å². The highest BCUT2D eigenvalue weighted by atomic mass is 31.2. The Morgan fingerprint density at radius 2 is 1.02 bits per heavy atom. The second-order valence-electron chi connectivity index (χ2n) is 15.4. The van der Waals surface area contributed by atoms with Crippen LogP contribution in [0.25, 0.3) is 0 Å². The minimum atomic E-state index is -4.53. The highest BCUT2D eigenvalue weighted by Crippen LogP contribution is 2.38. The Balaban J connectivity index is 3.96. The van der Waals surface area contributed by atoms with E-state index in [1.54, 1.807) is 0 Å². The fraction of sp³-hybridized carbons (Fsp3) is 0.974. The van der Waals surface area contributed by atoms with Gasteiger partial charge in [0, 0.05) is 6.42 Å². The van der Waals surface area contributed by atoms with Gasteiger partial charge in [-0.05, 0) is 12.8 Å². The summed E-state index contributed by atoms with van der Waals surface area (Å²) < 4.78 is 23.0. The molecule has 0 radical (unpaired) electrons. The van der Waals surface area contributed by atoms with Crippen LogP contribution in [-0.2, 0) is 18.4 Å². The molecule has 0 aromatic carbocycles. The molecule has 0 saturated heterocycles. The number of likely N-dealkylation sites (N-methyl/N-ethyl adjacent to an activating group) is 1. The molecule has 288 valence electrons. The number of carbonyl (C=O) groups is 1. The number of phosphoric ester groups is 1. The Morgan fingerprint density at radius 3 is 1.42 bits per heavy atom. The van der Waals surface area contributed by atoms with Gasteiger partial charge in [0.1, 0.15) is 13.2 Å².